The van der Waals surface area contributed by atoms with Gasteiger partial charge in [-0.3, -0.25) is 0 Å². The number of halogens is 3. The van der Waals surface area contributed by atoms with Crippen molar-refractivity contribution in [1.82, 2.24) is 5.32 Å². The second kappa shape index (κ2) is 6.32. The maximum atomic E-state index is 13.0. The molecule has 0 bridgehead atoms. The lowest BCUT2D eigenvalue weighted by atomic mass is 10.2. The molecule has 1 N–H and O–H groups in total. The Balaban J connectivity index is 1.90. The van der Waals surface area contributed by atoms with Gasteiger partial charge in [0.25, 0.3) is 0 Å². The molecule has 2 aromatic rings. The van der Waals surface area contributed by atoms with Gasteiger partial charge >= 0.3 is 0 Å². The molecule has 0 atom stereocenters. The van der Waals surface area contributed by atoms with Crippen LogP contribution in [0.25, 0.3) is 0 Å². The van der Waals surface area contributed by atoms with Crippen molar-refractivity contribution in [2.24, 2.45) is 0 Å². The summed E-state index contributed by atoms with van der Waals surface area (Å²) in [6, 6.07) is 12.9. The van der Waals surface area contributed by atoms with Gasteiger partial charge in [0.1, 0.15) is 5.82 Å². The summed E-state index contributed by atoms with van der Waals surface area (Å²) in [6.45, 7) is 1.42. The van der Waals surface area contributed by atoms with Crippen molar-refractivity contribution >= 4 is 27.5 Å². The Morgan fingerprint density at radius 1 is 1.06 bits per heavy atom. The fraction of sp³-hybridized carbons (Fsp3) is 0.143. The molecule has 0 saturated carbocycles. The van der Waals surface area contributed by atoms with Crippen LogP contribution in [0, 0.1) is 5.82 Å². The molecule has 0 saturated heterocycles. The Hall–Kier alpha value is -0.900. The van der Waals surface area contributed by atoms with Crippen LogP contribution in [0.3, 0.4) is 0 Å². The molecule has 0 aromatic heterocycles. The molecular weight excluding hydrogens is 317 g/mol. The summed E-state index contributed by atoms with van der Waals surface area (Å²) in [5, 5.41) is 3.45. The second-order valence-electron chi connectivity index (χ2n) is 3.98. The van der Waals surface area contributed by atoms with E-state index in [-0.39, 0.29) is 10.8 Å². The Morgan fingerprint density at radius 3 is 2.44 bits per heavy atom. The lowest BCUT2D eigenvalue weighted by molar-refractivity contribution is 0.625. The molecule has 2 rings (SSSR count). The summed E-state index contributed by atoms with van der Waals surface area (Å²) >= 11 is 9.15. The van der Waals surface area contributed by atoms with Crippen molar-refractivity contribution < 1.29 is 4.39 Å². The minimum absolute atomic E-state index is 0.164. The molecule has 2 aromatic carbocycles. The van der Waals surface area contributed by atoms with Crippen molar-refractivity contribution in [2.45, 2.75) is 13.1 Å². The van der Waals surface area contributed by atoms with Crippen LogP contribution in [-0.4, -0.2) is 0 Å². The smallest absolute Gasteiger partial charge is 0.141 e. The minimum Gasteiger partial charge on any atom is -0.309 e. The van der Waals surface area contributed by atoms with Gasteiger partial charge in [0.2, 0.25) is 0 Å². The Morgan fingerprint density at radius 2 is 1.78 bits per heavy atom. The summed E-state index contributed by atoms with van der Waals surface area (Å²) in [7, 11) is 0. The normalized spacial score (nSPS) is 10.6. The zero-order valence-corrected chi connectivity index (χ0v) is 11.9. The lowest BCUT2D eigenvalue weighted by Crippen LogP contribution is -2.12. The largest absolute Gasteiger partial charge is 0.309 e. The van der Waals surface area contributed by atoms with Crippen molar-refractivity contribution in [1.29, 1.82) is 0 Å². The zero-order valence-electron chi connectivity index (χ0n) is 9.59. The van der Waals surface area contributed by atoms with Crippen molar-refractivity contribution in [3.63, 3.8) is 0 Å². The van der Waals surface area contributed by atoms with Gasteiger partial charge < -0.3 is 5.32 Å². The van der Waals surface area contributed by atoms with E-state index in [1.165, 1.54) is 11.6 Å². The molecule has 0 amide bonds. The highest BCUT2D eigenvalue weighted by Gasteiger charge is 2.00. The zero-order chi connectivity index (χ0) is 13.0. The third-order valence-electron chi connectivity index (χ3n) is 2.53. The average Bonchev–Trinajstić information content (AvgIpc) is 2.34. The van der Waals surface area contributed by atoms with Crippen LogP contribution in [0.4, 0.5) is 4.39 Å². The van der Waals surface area contributed by atoms with Gasteiger partial charge in [0.05, 0.1) is 5.02 Å². The molecule has 0 aliphatic heterocycles. The monoisotopic (exact) mass is 327 g/mol. The number of hydrogen-bond acceptors (Lipinski definition) is 1. The van der Waals surface area contributed by atoms with E-state index >= 15 is 0 Å². The third-order valence-corrected chi connectivity index (χ3v) is 3.31. The molecule has 0 unspecified atom stereocenters. The topological polar surface area (TPSA) is 12.0 Å². The molecule has 0 aliphatic rings. The highest BCUT2D eigenvalue weighted by molar-refractivity contribution is 9.10. The maximum Gasteiger partial charge on any atom is 0.141 e. The molecule has 0 aliphatic carbocycles. The Bertz CT molecular complexity index is 545. The van der Waals surface area contributed by atoms with Crippen molar-refractivity contribution in [3.05, 3.63) is 68.9 Å². The summed E-state index contributed by atoms with van der Waals surface area (Å²) < 4.78 is 14.0. The van der Waals surface area contributed by atoms with Crippen LogP contribution in [-0.2, 0) is 13.1 Å². The quantitative estimate of drug-likeness (QED) is 0.869. The average molecular weight is 329 g/mol. The van der Waals surface area contributed by atoms with Crippen molar-refractivity contribution in [3.8, 4) is 0 Å². The number of benzene rings is 2. The van der Waals surface area contributed by atoms with Crippen LogP contribution in [0.15, 0.2) is 46.9 Å². The first-order valence-electron chi connectivity index (χ1n) is 5.54. The maximum absolute atomic E-state index is 13.0. The Labute approximate surface area is 119 Å². The van der Waals surface area contributed by atoms with E-state index in [9.17, 15) is 4.39 Å². The van der Waals surface area contributed by atoms with E-state index in [1.807, 2.05) is 12.1 Å². The van der Waals surface area contributed by atoms with Crippen LogP contribution in [0.5, 0.6) is 0 Å². The fourth-order valence-electron chi connectivity index (χ4n) is 1.65. The van der Waals surface area contributed by atoms with E-state index < -0.39 is 0 Å². The predicted molar refractivity (Wildman–Crippen MR) is 76.1 cm³/mol. The molecule has 0 heterocycles. The molecule has 94 valence electrons. The van der Waals surface area contributed by atoms with Crippen LogP contribution in [0.1, 0.15) is 11.1 Å². The van der Waals surface area contributed by atoms with Gasteiger partial charge in [-0.15, -0.1) is 0 Å². The summed E-state index contributed by atoms with van der Waals surface area (Å²) in [4.78, 5) is 0. The van der Waals surface area contributed by atoms with Crippen molar-refractivity contribution in [2.75, 3.05) is 0 Å². The number of nitrogens with one attached hydrogen (secondary N) is 1. The van der Waals surface area contributed by atoms with E-state index in [1.54, 1.807) is 12.1 Å². The third kappa shape index (κ3) is 3.80. The van der Waals surface area contributed by atoms with E-state index in [4.69, 9.17) is 11.6 Å². The summed E-state index contributed by atoms with van der Waals surface area (Å²) in [5.41, 5.74) is 2.16. The predicted octanol–water partition coefficient (Wildman–Crippen LogP) is 4.53. The van der Waals surface area contributed by atoms with Gasteiger partial charge in [-0.2, -0.15) is 0 Å². The fourth-order valence-corrected chi connectivity index (χ4v) is 2.30. The summed E-state index contributed by atoms with van der Waals surface area (Å²) in [6.07, 6.45) is 0. The number of hydrogen-bond donors (Lipinski definition) is 1. The molecular formula is C14H12BrClFN. The van der Waals surface area contributed by atoms with Gasteiger partial charge in [0, 0.05) is 17.6 Å². The van der Waals surface area contributed by atoms with E-state index in [0.29, 0.717) is 6.54 Å². The molecule has 0 fully saturated rings. The van der Waals surface area contributed by atoms with Gasteiger partial charge in [0.15, 0.2) is 0 Å². The first kappa shape index (κ1) is 13.5. The Kier molecular flexibility index (Phi) is 4.75. The van der Waals surface area contributed by atoms with Gasteiger partial charge in [-0.25, -0.2) is 4.39 Å². The van der Waals surface area contributed by atoms with Gasteiger partial charge in [-0.05, 0) is 35.4 Å². The molecule has 18 heavy (non-hydrogen) atoms. The van der Waals surface area contributed by atoms with E-state index in [0.717, 1.165) is 16.6 Å². The van der Waals surface area contributed by atoms with Crippen LogP contribution < -0.4 is 5.32 Å². The molecule has 1 nitrogen and oxygen atoms in total. The SMILES string of the molecule is Fc1ccc(CNCc2cccc(Br)c2)cc1Cl. The van der Waals surface area contributed by atoms with Crippen LogP contribution >= 0.6 is 27.5 Å². The van der Waals surface area contributed by atoms with E-state index in [2.05, 4.69) is 33.4 Å². The first-order chi connectivity index (χ1) is 8.65. The minimum atomic E-state index is -0.382. The highest BCUT2D eigenvalue weighted by atomic mass is 79.9. The van der Waals surface area contributed by atoms with Gasteiger partial charge in [-0.1, -0.05) is 45.7 Å². The summed E-state index contributed by atoms with van der Waals surface area (Å²) in [5.74, 6) is -0.382. The second-order valence-corrected chi connectivity index (χ2v) is 5.30. The lowest BCUT2D eigenvalue weighted by Gasteiger charge is -2.06. The van der Waals surface area contributed by atoms with Crippen LogP contribution in [0.2, 0.25) is 5.02 Å². The first-order valence-corrected chi connectivity index (χ1v) is 6.71. The number of rotatable bonds is 4. The standard InChI is InChI=1S/C14H12BrClFN/c15-12-3-1-2-10(6-12)8-18-9-11-4-5-14(17)13(16)7-11/h1-7,18H,8-9H2. The molecule has 0 spiro atoms. The molecule has 4 heteroatoms. The highest BCUT2D eigenvalue weighted by Crippen LogP contribution is 2.16. The molecule has 0 radical (unpaired) electrons.